The van der Waals surface area contributed by atoms with Crippen molar-refractivity contribution in [2.24, 2.45) is 0 Å². The van der Waals surface area contributed by atoms with Crippen LogP contribution < -0.4 is 0 Å². The zero-order valence-electron chi connectivity index (χ0n) is 9.19. The van der Waals surface area contributed by atoms with Gasteiger partial charge >= 0.3 is 5.97 Å². The van der Waals surface area contributed by atoms with Gasteiger partial charge in [-0.1, -0.05) is 0 Å². The molecule has 1 aromatic rings. The summed E-state index contributed by atoms with van der Waals surface area (Å²) >= 11 is 0. The molecule has 0 saturated heterocycles. The number of esters is 1. The molecule has 1 rings (SSSR count). The van der Waals surface area contributed by atoms with Crippen LogP contribution in [0.2, 0.25) is 0 Å². The van der Waals surface area contributed by atoms with Crippen molar-refractivity contribution >= 4 is 12.3 Å². The lowest BCUT2D eigenvalue weighted by atomic mass is 10.2. The predicted octanol–water partition coefficient (Wildman–Crippen LogP) is 1.64. The molecule has 0 unspecified atom stereocenters. The fraction of sp³-hybridized carbons (Fsp3) is 0.455. The van der Waals surface area contributed by atoms with Crippen molar-refractivity contribution < 1.29 is 14.3 Å². The number of rotatable bonds is 3. The Balaban J connectivity index is 2.63. The van der Waals surface area contributed by atoms with Crippen LogP contribution in [0.25, 0.3) is 0 Å². The summed E-state index contributed by atoms with van der Waals surface area (Å²) in [4.78, 5) is 22.0. The van der Waals surface area contributed by atoms with Crippen molar-refractivity contribution in [1.82, 2.24) is 4.57 Å². The van der Waals surface area contributed by atoms with E-state index in [4.69, 9.17) is 4.74 Å². The minimum absolute atomic E-state index is 0.0678. The molecule has 0 radical (unpaired) electrons. The summed E-state index contributed by atoms with van der Waals surface area (Å²) in [5, 5.41) is 0. The molecule has 0 amide bonds. The van der Waals surface area contributed by atoms with E-state index in [2.05, 4.69) is 0 Å². The van der Waals surface area contributed by atoms with Crippen LogP contribution in [0, 0.1) is 0 Å². The van der Waals surface area contributed by atoms with Crippen molar-refractivity contribution in [3.63, 3.8) is 0 Å². The Labute approximate surface area is 88.8 Å². The first-order valence-corrected chi connectivity index (χ1v) is 4.74. The summed E-state index contributed by atoms with van der Waals surface area (Å²) in [5.74, 6) is -0.346. The molecule has 0 saturated carbocycles. The molecule has 82 valence electrons. The summed E-state index contributed by atoms with van der Waals surface area (Å²) in [6, 6.07) is 3.37. The van der Waals surface area contributed by atoms with E-state index in [1.807, 2.05) is 0 Å². The zero-order valence-corrected chi connectivity index (χ0v) is 9.19. The zero-order chi connectivity index (χ0) is 11.5. The SMILES string of the molecule is CC(C)(C)OC(=O)Cn1cccc1C=O. The third-order valence-corrected chi connectivity index (χ3v) is 1.70. The molecule has 0 fully saturated rings. The lowest BCUT2D eigenvalue weighted by Crippen LogP contribution is -2.26. The van der Waals surface area contributed by atoms with E-state index >= 15 is 0 Å². The normalized spacial score (nSPS) is 11.1. The van der Waals surface area contributed by atoms with Gasteiger partial charge in [-0.3, -0.25) is 9.59 Å². The van der Waals surface area contributed by atoms with Gasteiger partial charge in [0.25, 0.3) is 0 Å². The highest BCUT2D eigenvalue weighted by molar-refractivity contribution is 5.75. The van der Waals surface area contributed by atoms with E-state index in [-0.39, 0.29) is 12.5 Å². The monoisotopic (exact) mass is 209 g/mol. The van der Waals surface area contributed by atoms with E-state index in [0.717, 1.165) is 0 Å². The number of aromatic nitrogens is 1. The van der Waals surface area contributed by atoms with Crippen molar-refractivity contribution in [2.75, 3.05) is 0 Å². The molecule has 0 spiro atoms. The van der Waals surface area contributed by atoms with Crippen LogP contribution in [0.4, 0.5) is 0 Å². The van der Waals surface area contributed by atoms with Crippen molar-refractivity contribution in [3.8, 4) is 0 Å². The first-order valence-electron chi connectivity index (χ1n) is 4.74. The van der Waals surface area contributed by atoms with Gasteiger partial charge in [0.05, 0.1) is 5.69 Å². The van der Waals surface area contributed by atoms with Gasteiger partial charge in [0.1, 0.15) is 12.1 Å². The molecule has 0 bridgehead atoms. The minimum atomic E-state index is -0.494. The Morgan fingerprint density at radius 1 is 1.53 bits per heavy atom. The Kier molecular flexibility index (Phi) is 3.29. The molecule has 4 nitrogen and oxygen atoms in total. The van der Waals surface area contributed by atoms with E-state index in [0.29, 0.717) is 12.0 Å². The maximum atomic E-state index is 11.4. The highest BCUT2D eigenvalue weighted by atomic mass is 16.6. The van der Waals surface area contributed by atoms with Crippen LogP contribution in [-0.2, 0) is 16.1 Å². The highest BCUT2D eigenvalue weighted by Gasteiger charge is 2.16. The van der Waals surface area contributed by atoms with Gasteiger partial charge in [-0.15, -0.1) is 0 Å². The average molecular weight is 209 g/mol. The maximum absolute atomic E-state index is 11.4. The number of hydrogen-bond acceptors (Lipinski definition) is 3. The Bertz CT molecular complexity index is 360. The summed E-state index contributed by atoms with van der Waals surface area (Å²) in [7, 11) is 0. The van der Waals surface area contributed by atoms with Crippen molar-refractivity contribution in [2.45, 2.75) is 32.9 Å². The molecule has 0 atom stereocenters. The number of carbonyl (C=O) groups is 2. The standard InChI is InChI=1S/C11H15NO3/c1-11(2,3)15-10(14)7-12-6-4-5-9(12)8-13/h4-6,8H,7H2,1-3H3. The third kappa shape index (κ3) is 3.58. The first-order chi connectivity index (χ1) is 6.92. The Hall–Kier alpha value is -1.58. The molecule has 1 heterocycles. The molecule has 0 aliphatic heterocycles. The molecule has 0 N–H and O–H groups in total. The van der Waals surface area contributed by atoms with Gasteiger partial charge in [0.15, 0.2) is 6.29 Å². The predicted molar refractivity (Wildman–Crippen MR) is 55.7 cm³/mol. The van der Waals surface area contributed by atoms with E-state index in [1.165, 1.54) is 0 Å². The lowest BCUT2D eigenvalue weighted by Gasteiger charge is -2.19. The fourth-order valence-corrected chi connectivity index (χ4v) is 1.19. The van der Waals surface area contributed by atoms with Crippen molar-refractivity contribution in [1.29, 1.82) is 0 Å². The minimum Gasteiger partial charge on any atom is -0.459 e. The largest absolute Gasteiger partial charge is 0.459 e. The van der Waals surface area contributed by atoms with E-state index in [1.54, 1.807) is 43.7 Å². The highest BCUT2D eigenvalue weighted by Crippen LogP contribution is 2.08. The molecular weight excluding hydrogens is 194 g/mol. The van der Waals surface area contributed by atoms with Gasteiger partial charge in [-0.2, -0.15) is 0 Å². The number of ether oxygens (including phenoxy) is 1. The summed E-state index contributed by atoms with van der Waals surface area (Å²) in [6.45, 7) is 5.49. The number of hydrogen-bond donors (Lipinski definition) is 0. The van der Waals surface area contributed by atoms with Crippen LogP contribution in [0.1, 0.15) is 31.3 Å². The maximum Gasteiger partial charge on any atom is 0.326 e. The fourth-order valence-electron chi connectivity index (χ4n) is 1.19. The van der Waals surface area contributed by atoms with Gasteiger partial charge in [-0.25, -0.2) is 0 Å². The second kappa shape index (κ2) is 4.29. The molecular formula is C11H15NO3. The van der Waals surface area contributed by atoms with E-state index < -0.39 is 5.60 Å². The topological polar surface area (TPSA) is 48.3 Å². The summed E-state index contributed by atoms with van der Waals surface area (Å²) in [6.07, 6.45) is 2.39. The Morgan fingerprint density at radius 3 is 2.73 bits per heavy atom. The summed E-state index contributed by atoms with van der Waals surface area (Å²) in [5.41, 5.74) is -0.0214. The number of nitrogens with zero attached hydrogens (tertiary/aromatic N) is 1. The molecule has 0 aliphatic rings. The molecule has 0 aliphatic carbocycles. The smallest absolute Gasteiger partial charge is 0.326 e. The molecule has 15 heavy (non-hydrogen) atoms. The van der Waals surface area contributed by atoms with Crippen LogP contribution in [0.15, 0.2) is 18.3 Å². The summed E-state index contributed by atoms with van der Waals surface area (Å²) < 4.78 is 6.69. The van der Waals surface area contributed by atoms with Crippen LogP contribution in [-0.4, -0.2) is 22.4 Å². The third-order valence-electron chi connectivity index (χ3n) is 1.70. The molecule has 1 aromatic heterocycles. The second-order valence-electron chi connectivity index (χ2n) is 4.27. The van der Waals surface area contributed by atoms with Gasteiger partial charge in [-0.05, 0) is 32.9 Å². The van der Waals surface area contributed by atoms with E-state index in [9.17, 15) is 9.59 Å². The second-order valence-corrected chi connectivity index (χ2v) is 4.27. The van der Waals surface area contributed by atoms with Gasteiger partial charge in [0.2, 0.25) is 0 Å². The van der Waals surface area contributed by atoms with Crippen LogP contribution in [0.5, 0.6) is 0 Å². The number of carbonyl (C=O) groups excluding carboxylic acids is 2. The average Bonchev–Trinajstić information content (AvgIpc) is 2.48. The molecule has 4 heteroatoms. The first kappa shape index (κ1) is 11.5. The Morgan fingerprint density at radius 2 is 2.20 bits per heavy atom. The van der Waals surface area contributed by atoms with Crippen LogP contribution in [0.3, 0.4) is 0 Å². The van der Waals surface area contributed by atoms with Crippen LogP contribution >= 0.6 is 0 Å². The quantitative estimate of drug-likeness (QED) is 0.561. The molecule has 0 aromatic carbocycles. The lowest BCUT2D eigenvalue weighted by molar-refractivity contribution is -0.155. The van der Waals surface area contributed by atoms with Crippen molar-refractivity contribution in [3.05, 3.63) is 24.0 Å². The van der Waals surface area contributed by atoms with Gasteiger partial charge < -0.3 is 9.30 Å². The van der Waals surface area contributed by atoms with Gasteiger partial charge in [0, 0.05) is 6.20 Å². The number of aldehydes is 1.